The predicted molar refractivity (Wildman–Crippen MR) is 109 cm³/mol. The maximum atomic E-state index is 12.2. The van der Waals surface area contributed by atoms with Crippen molar-refractivity contribution in [2.75, 3.05) is 13.2 Å². The van der Waals surface area contributed by atoms with Gasteiger partial charge in [0.05, 0.1) is 13.2 Å². The highest BCUT2D eigenvalue weighted by atomic mass is 31.3. The van der Waals surface area contributed by atoms with Gasteiger partial charge in [0.25, 0.3) is 5.56 Å². The Labute approximate surface area is 199 Å². The lowest BCUT2D eigenvalue weighted by molar-refractivity contribution is -0.280. The van der Waals surface area contributed by atoms with Gasteiger partial charge in [0.1, 0.15) is 42.7 Å². The van der Waals surface area contributed by atoms with Gasteiger partial charge in [0, 0.05) is 12.3 Å². The highest BCUT2D eigenvalue weighted by Gasteiger charge is 2.49. The van der Waals surface area contributed by atoms with Gasteiger partial charge in [-0.3, -0.25) is 23.4 Å². The number of aromatic amines is 1. The number of H-pyrrole nitrogens is 1. The number of nitrogens with one attached hydrogen (secondary N) is 1. The molecule has 21 heteroatoms. The van der Waals surface area contributed by atoms with Crippen LogP contribution in [0.1, 0.15) is 6.23 Å². The quantitative estimate of drug-likeness (QED) is 0.127. The molecule has 0 amide bonds. The van der Waals surface area contributed by atoms with E-state index < -0.39 is 95.4 Å². The minimum absolute atomic E-state index is 0.723. The van der Waals surface area contributed by atoms with Gasteiger partial charge >= 0.3 is 21.3 Å². The van der Waals surface area contributed by atoms with E-state index in [2.05, 4.69) is 13.4 Å². The first kappa shape index (κ1) is 29.2. The average Bonchev–Trinajstić information content (AvgIpc) is 3.06. The van der Waals surface area contributed by atoms with Crippen molar-refractivity contribution in [2.45, 2.75) is 55.2 Å². The predicted octanol–water partition coefficient (Wildman–Crippen LogP) is -4.79. The van der Waals surface area contributed by atoms with E-state index in [0.29, 0.717) is 0 Å². The molecular weight excluding hydrogens is 542 g/mol. The van der Waals surface area contributed by atoms with Crippen molar-refractivity contribution < 1.29 is 72.4 Å². The zero-order valence-electron chi connectivity index (χ0n) is 17.9. The van der Waals surface area contributed by atoms with Gasteiger partial charge in [-0.15, -0.1) is 0 Å². The lowest BCUT2D eigenvalue weighted by Gasteiger charge is -2.39. The smallest absolute Gasteiger partial charge is 0.394 e. The van der Waals surface area contributed by atoms with Crippen LogP contribution in [0.3, 0.4) is 0 Å². The number of rotatable bonds is 9. The van der Waals surface area contributed by atoms with Crippen LogP contribution in [0, 0.1) is 0 Å². The number of aromatic nitrogens is 2. The lowest BCUT2D eigenvalue weighted by Crippen LogP contribution is -2.58. The summed E-state index contributed by atoms with van der Waals surface area (Å²) in [5, 5.41) is 58.6. The maximum absolute atomic E-state index is 12.2. The van der Waals surface area contributed by atoms with E-state index in [1.165, 1.54) is 0 Å². The molecule has 2 aliphatic rings. The summed E-state index contributed by atoms with van der Waals surface area (Å²) in [6, 6.07) is 0.928. The minimum Gasteiger partial charge on any atom is -0.394 e. The van der Waals surface area contributed by atoms with E-state index in [1.807, 2.05) is 4.98 Å². The van der Waals surface area contributed by atoms with E-state index >= 15 is 0 Å². The van der Waals surface area contributed by atoms with Gasteiger partial charge in [0.15, 0.2) is 12.5 Å². The van der Waals surface area contributed by atoms with E-state index in [1.54, 1.807) is 0 Å². The van der Waals surface area contributed by atoms with E-state index in [4.69, 9.17) is 14.6 Å². The highest BCUT2D eigenvalue weighted by Crippen LogP contribution is 2.61. The number of ether oxygens (including phenoxy) is 2. The Morgan fingerprint density at radius 3 is 2.17 bits per heavy atom. The molecule has 0 aromatic carbocycles. The van der Waals surface area contributed by atoms with Crippen LogP contribution < -0.4 is 11.2 Å². The number of phosphoric acid groups is 2. The second-order valence-corrected chi connectivity index (χ2v) is 10.7. The van der Waals surface area contributed by atoms with Crippen LogP contribution in [0.4, 0.5) is 0 Å². The molecule has 2 unspecified atom stereocenters. The van der Waals surface area contributed by atoms with Crippen molar-refractivity contribution in [1.82, 2.24) is 9.55 Å². The molecule has 3 rings (SSSR count). The normalized spacial score (nSPS) is 38.4. The second kappa shape index (κ2) is 11.2. The summed E-state index contributed by atoms with van der Waals surface area (Å²) in [6.45, 7) is -1.93. The average molecular weight is 566 g/mol. The highest BCUT2D eigenvalue weighted by molar-refractivity contribution is 7.61. The Hall–Kier alpha value is -1.38. The summed E-state index contributed by atoms with van der Waals surface area (Å²) in [5.41, 5.74) is -1.75. The zero-order chi connectivity index (χ0) is 27.0. The molecule has 0 bridgehead atoms. The van der Waals surface area contributed by atoms with Crippen LogP contribution >= 0.6 is 15.6 Å². The Kier molecular flexibility index (Phi) is 9.05. The first-order chi connectivity index (χ1) is 16.7. The third-order valence-electron chi connectivity index (χ3n) is 5.16. The topological polar surface area (TPSA) is 297 Å². The molecule has 3 heterocycles. The van der Waals surface area contributed by atoms with Crippen LogP contribution in [0.5, 0.6) is 0 Å². The Balaban J connectivity index is 1.61. The fourth-order valence-corrected chi connectivity index (χ4v) is 5.51. The minimum atomic E-state index is -5.59. The van der Waals surface area contributed by atoms with Crippen LogP contribution in [0.2, 0.25) is 0 Å². The van der Waals surface area contributed by atoms with Gasteiger partial charge in [0.2, 0.25) is 0 Å². The molecule has 11 atom stereocenters. The molecule has 9 N–H and O–H groups in total. The number of hydrogen-bond donors (Lipinski definition) is 9. The molecule has 206 valence electrons. The summed E-state index contributed by atoms with van der Waals surface area (Å²) in [5.74, 6) is 0. The lowest BCUT2D eigenvalue weighted by atomic mass is 10.00. The molecular formula is C15H24N2O17P2. The fourth-order valence-electron chi connectivity index (χ4n) is 3.35. The van der Waals surface area contributed by atoms with Gasteiger partial charge in [-0.25, -0.2) is 13.9 Å². The number of hydrogen-bond acceptors (Lipinski definition) is 15. The van der Waals surface area contributed by atoms with Gasteiger partial charge in [-0.2, -0.15) is 4.31 Å². The van der Waals surface area contributed by atoms with E-state index in [-0.39, 0.29) is 0 Å². The summed E-state index contributed by atoms with van der Waals surface area (Å²) in [6.07, 6.45) is -15.4. The number of aliphatic hydroxyl groups excluding tert-OH is 6. The second-order valence-electron chi connectivity index (χ2n) is 7.68. The molecule has 0 spiro atoms. The Morgan fingerprint density at radius 1 is 0.917 bits per heavy atom. The van der Waals surface area contributed by atoms with Crippen molar-refractivity contribution in [2.24, 2.45) is 0 Å². The zero-order valence-corrected chi connectivity index (χ0v) is 19.6. The first-order valence-electron chi connectivity index (χ1n) is 9.99. The molecule has 36 heavy (non-hydrogen) atoms. The molecule has 1 aromatic rings. The molecule has 2 aliphatic heterocycles. The van der Waals surface area contributed by atoms with Crippen molar-refractivity contribution in [3.8, 4) is 0 Å². The van der Waals surface area contributed by atoms with Crippen LogP contribution in [0.15, 0.2) is 21.9 Å². The largest absolute Gasteiger partial charge is 0.483 e. The van der Waals surface area contributed by atoms with E-state index in [0.717, 1.165) is 16.8 Å². The molecule has 2 saturated heterocycles. The first-order valence-corrected chi connectivity index (χ1v) is 13.0. The van der Waals surface area contributed by atoms with E-state index in [9.17, 15) is 54.0 Å². The molecule has 19 nitrogen and oxygen atoms in total. The summed E-state index contributed by atoms with van der Waals surface area (Å²) in [7, 11) is -11.1. The number of nitrogens with zero attached hydrogens (tertiary/aromatic N) is 1. The summed E-state index contributed by atoms with van der Waals surface area (Å²) >= 11 is 0. The monoisotopic (exact) mass is 566 g/mol. The Morgan fingerprint density at radius 2 is 1.56 bits per heavy atom. The van der Waals surface area contributed by atoms with Crippen molar-refractivity contribution in [1.29, 1.82) is 0 Å². The van der Waals surface area contributed by atoms with Crippen molar-refractivity contribution in [3.05, 3.63) is 33.1 Å². The third kappa shape index (κ3) is 6.54. The van der Waals surface area contributed by atoms with Crippen molar-refractivity contribution >= 4 is 15.6 Å². The van der Waals surface area contributed by atoms with Gasteiger partial charge in [-0.1, -0.05) is 0 Å². The summed E-state index contributed by atoms with van der Waals surface area (Å²) in [4.78, 5) is 44.5. The number of phosphoric ester groups is 2. The fraction of sp³-hybridized carbons (Fsp3) is 0.733. The SMILES string of the molecule is O=c1ccn([C@@H]2O[C@H](COP(=O)(O)OP(=O)(O)O[C@H]3O[C@H](CO)[C@@H](O)[C@@H](O)[C@@H]3O)[C@@H](O)[C@H]2O)c(=O)[nH]1. The molecule has 0 radical (unpaired) electrons. The van der Waals surface area contributed by atoms with Crippen molar-refractivity contribution in [3.63, 3.8) is 0 Å². The van der Waals surface area contributed by atoms with Crippen LogP contribution in [-0.4, -0.2) is 112 Å². The molecule has 0 aliphatic carbocycles. The molecule has 1 aromatic heterocycles. The van der Waals surface area contributed by atoms with Crippen LogP contribution in [0.25, 0.3) is 0 Å². The Bertz CT molecular complexity index is 1120. The van der Waals surface area contributed by atoms with Gasteiger partial charge < -0.3 is 49.9 Å². The van der Waals surface area contributed by atoms with Crippen LogP contribution in [-0.2, 0) is 32.0 Å². The molecule has 2 fully saturated rings. The number of aliphatic hydroxyl groups is 6. The summed E-state index contributed by atoms with van der Waals surface area (Å²) < 4.78 is 48.1. The van der Waals surface area contributed by atoms with Gasteiger partial charge in [-0.05, 0) is 0 Å². The standard InChI is InChI=1S/C15H24N2O17P2/c18-3-5-8(20)10(22)12(24)14(32-5)33-36(28,29)34-35(26,27)30-4-6-9(21)11(23)13(31-6)17-2-1-7(19)16-15(17)25/h1-2,5-6,8-14,18,20-24H,3-4H2,(H,26,27)(H,28,29)(H,16,19,25)/t5-,6-,8-,9-,10-,11-,12+,13-,14-/m1/s1. The third-order valence-corrected chi connectivity index (χ3v) is 7.76. The molecule has 0 saturated carbocycles. The maximum Gasteiger partial charge on any atom is 0.483 e.